The molecular formula is C26H24Cl2OTi. The van der Waals surface area contributed by atoms with Crippen LogP contribution in [0, 0.1) is 0 Å². The summed E-state index contributed by atoms with van der Waals surface area (Å²) >= 11 is -0.757. The molecule has 0 N–H and O–H groups in total. The van der Waals surface area contributed by atoms with E-state index in [-0.39, 0.29) is 30.9 Å². The molecule has 152 valence electrons. The van der Waals surface area contributed by atoms with Gasteiger partial charge in [-0.3, -0.25) is 0 Å². The van der Waals surface area contributed by atoms with Crippen molar-refractivity contribution in [3.8, 4) is 0 Å². The molecule has 4 heteroatoms. The first-order valence-electron chi connectivity index (χ1n) is 9.70. The number of rotatable bonds is 6. The molecule has 1 aliphatic rings. The Morgan fingerprint density at radius 1 is 0.733 bits per heavy atom. The molecular weight excluding hydrogens is 447 g/mol. The molecule has 0 atom stereocenters. The average Bonchev–Trinajstić information content (AvgIpc) is 3.08. The van der Waals surface area contributed by atoms with E-state index in [1.54, 1.807) is 0 Å². The first-order chi connectivity index (χ1) is 13.7. The van der Waals surface area contributed by atoms with Crippen molar-refractivity contribution < 1.29 is 47.7 Å². The van der Waals surface area contributed by atoms with E-state index >= 15 is 0 Å². The molecule has 0 aromatic heterocycles. The Balaban J connectivity index is 0.00000160. The molecule has 1 aliphatic carbocycles. The van der Waals surface area contributed by atoms with E-state index < -0.39 is 19.5 Å². The summed E-state index contributed by atoms with van der Waals surface area (Å²) in [6.45, 7) is 4.44. The Hall–Kier alpha value is -1.61. The van der Waals surface area contributed by atoms with E-state index in [0.717, 1.165) is 6.42 Å². The van der Waals surface area contributed by atoms with Gasteiger partial charge in [0.2, 0.25) is 0 Å². The Morgan fingerprint density at radius 2 is 1.27 bits per heavy atom. The number of hydrogen-bond donors (Lipinski definition) is 0. The molecule has 0 heterocycles. The minimum absolute atomic E-state index is 0. The fourth-order valence-electron chi connectivity index (χ4n) is 3.78. The zero-order valence-electron chi connectivity index (χ0n) is 17.1. The largest absolute Gasteiger partial charge is 1.00 e. The summed E-state index contributed by atoms with van der Waals surface area (Å²) in [4.78, 5) is 0. The summed E-state index contributed by atoms with van der Waals surface area (Å²) in [6, 6.07) is 29.9. The molecule has 30 heavy (non-hydrogen) atoms. The maximum Gasteiger partial charge on any atom is -1.00 e. The first kappa shape index (κ1) is 24.7. The van der Waals surface area contributed by atoms with Gasteiger partial charge >= 0.3 is 178 Å². The molecule has 0 saturated carbocycles. The zero-order chi connectivity index (χ0) is 19.3. The van der Waals surface area contributed by atoms with Crippen LogP contribution in [-0.2, 0) is 22.9 Å². The van der Waals surface area contributed by atoms with Crippen LogP contribution in [0.4, 0.5) is 0 Å². The van der Waals surface area contributed by atoms with Gasteiger partial charge in [-0.2, -0.15) is 0 Å². The normalized spacial score (nSPS) is 12.7. The Labute approximate surface area is 201 Å². The first-order valence-corrected chi connectivity index (χ1v) is 11.1. The van der Waals surface area contributed by atoms with Crippen LogP contribution in [0.15, 0.2) is 102 Å². The summed E-state index contributed by atoms with van der Waals surface area (Å²) in [7, 11) is 0. The molecule has 0 fully saturated rings. The van der Waals surface area contributed by atoms with Gasteiger partial charge in [-0.15, -0.1) is 0 Å². The Kier molecular flexibility index (Phi) is 9.61. The third-order valence-electron chi connectivity index (χ3n) is 5.14. The molecule has 3 aromatic rings. The van der Waals surface area contributed by atoms with E-state index in [0.29, 0.717) is 0 Å². The van der Waals surface area contributed by atoms with Crippen LogP contribution in [0.2, 0.25) is 0 Å². The molecule has 0 spiro atoms. The SMILES string of the molecule is CC1=CC(C)=C(c2cccc[c]2[Ti+2][O]C(c2ccccc2)c2ccccc2)C1.[Cl-].[Cl-]. The van der Waals surface area contributed by atoms with Crippen molar-refractivity contribution in [1.82, 2.24) is 0 Å². The average molecular weight is 471 g/mol. The van der Waals surface area contributed by atoms with Gasteiger partial charge in [0.1, 0.15) is 0 Å². The smallest absolute Gasteiger partial charge is 1.00 e. The predicted octanol–water partition coefficient (Wildman–Crippen LogP) is 0.247. The molecule has 4 rings (SSSR count). The molecule has 3 aromatic carbocycles. The van der Waals surface area contributed by atoms with Crippen LogP contribution in [0.1, 0.15) is 43.1 Å². The van der Waals surface area contributed by atoms with Crippen LogP contribution in [0.3, 0.4) is 0 Å². The van der Waals surface area contributed by atoms with Crippen molar-refractivity contribution in [3.63, 3.8) is 0 Å². The second-order valence-electron chi connectivity index (χ2n) is 7.30. The standard InChI is InChI=1S/C13H11O.C13H13.2ClH.Ti/c14-13(11-7-3-1-4-8-11)12-9-5-2-6-10-12;1-10-8-11(2)13(9-10)12-6-4-3-5-7-12;;;/h1-10,13H;3-6,8H,9H2,1-2H3;2*1H;/q-1;;;;+3/p-2. The molecule has 0 saturated heterocycles. The molecule has 0 unspecified atom stereocenters. The van der Waals surface area contributed by atoms with Crippen molar-refractivity contribution in [2.24, 2.45) is 0 Å². The van der Waals surface area contributed by atoms with Crippen LogP contribution >= 0.6 is 0 Å². The number of hydrogen-bond acceptors (Lipinski definition) is 1. The summed E-state index contributed by atoms with van der Waals surface area (Å²) in [5.41, 5.74) is 8.07. The van der Waals surface area contributed by atoms with E-state index in [4.69, 9.17) is 3.32 Å². The third-order valence-corrected chi connectivity index (χ3v) is 6.71. The summed E-state index contributed by atoms with van der Waals surface area (Å²) in [5.74, 6) is 0. The topological polar surface area (TPSA) is 9.23 Å². The monoisotopic (exact) mass is 470 g/mol. The van der Waals surface area contributed by atoms with Crippen molar-refractivity contribution in [1.29, 1.82) is 0 Å². The zero-order valence-corrected chi connectivity index (χ0v) is 20.2. The maximum absolute atomic E-state index is 6.65. The van der Waals surface area contributed by atoms with Gasteiger partial charge in [-0.25, -0.2) is 0 Å². The van der Waals surface area contributed by atoms with E-state index in [9.17, 15) is 0 Å². The van der Waals surface area contributed by atoms with Gasteiger partial charge < -0.3 is 24.8 Å². The van der Waals surface area contributed by atoms with Gasteiger partial charge in [-0.05, 0) is 0 Å². The van der Waals surface area contributed by atoms with Crippen molar-refractivity contribution >= 4 is 9.44 Å². The summed E-state index contributed by atoms with van der Waals surface area (Å²) in [6.07, 6.45) is 3.34. The second kappa shape index (κ2) is 11.7. The van der Waals surface area contributed by atoms with Crippen LogP contribution in [-0.4, -0.2) is 0 Å². The van der Waals surface area contributed by atoms with Crippen LogP contribution in [0.5, 0.6) is 0 Å². The van der Waals surface area contributed by atoms with E-state index in [1.807, 2.05) is 0 Å². The van der Waals surface area contributed by atoms with E-state index in [2.05, 4.69) is 105 Å². The predicted molar refractivity (Wildman–Crippen MR) is 113 cm³/mol. The Bertz CT molecular complexity index is 974. The third kappa shape index (κ3) is 5.75. The van der Waals surface area contributed by atoms with Crippen molar-refractivity contribution in [2.45, 2.75) is 26.4 Å². The van der Waals surface area contributed by atoms with Crippen LogP contribution < -0.4 is 28.7 Å². The van der Waals surface area contributed by atoms with Gasteiger partial charge in [0.05, 0.1) is 0 Å². The molecule has 1 nitrogen and oxygen atoms in total. The second-order valence-corrected chi connectivity index (χ2v) is 8.82. The number of allylic oxidation sites excluding steroid dienone is 4. The molecule has 0 amide bonds. The fraction of sp³-hybridized carbons (Fsp3) is 0.154. The van der Waals surface area contributed by atoms with Crippen molar-refractivity contribution in [3.05, 3.63) is 119 Å². The van der Waals surface area contributed by atoms with Crippen molar-refractivity contribution in [2.75, 3.05) is 0 Å². The minimum atomic E-state index is -0.757. The van der Waals surface area contributed by atoms with Gasteiger partial charge in [0.25, 0.3) is 0 Å². The molecule has 0 bridgehead atoms. The summed E-state index contributed by atoms with van der Waals surface area (Å²) in [5, 5.41) is 0. The van der Waals surface area contributed by atoms with E-state index in [1.165, 1.54) is 37.3 Å². The Morgan fingerprint density at radius 3 is 1.80 bits per heavy atom. The maximum atomic E-state index is 6.65. The fourth-order valence-corrected chi connectivity index (χ4v) is 5.38. The van der Waals surface area contributed by atoms with Gasteiger partial charge in [0.15, 0.2) is 0 Å². The number of halogens is 2. The molecule has 0 radical (unpaired) electrons. The van der Waals surface area contributed by atoms with Crippen LogP contribution in [0.25, 0.3) is 5.57 Å². The number of benzene rings is 3. The summed E-state index contributed by atoms with van der Waals surface area (Å²) < 4.78 is 8.02. The van der Waals surface area contributed by atoms with Gasteiger partial charge in [0, 0.05) is 0 Å². The minimum Gasteiger partial charge on any atom is -1.00 e. The van der Waals surface area contributed by atoms with Gasteiger partial charge in [-0.1, -0.05) is 0 Å². The quantitative estimate of drug-likeness (QED) is 0.469. The molecule has 0 aliphatic heterocycles.